The van der Waals surface area contributed by atoms with Gasteiger partial charge in [-0.05, 0) is 38.3 Å². The van der Waals surface area contributed by atoms with E-state index in [0.717, 1.165) is 19.3 Å². The van der Waals surface area contributed by atoms with E-state index in [1.165, 1.54) is 0 Å². The molecule has 0 amide bonds. The summed E-state index contributed by atoms with van der Waals surface area (Å²) >= 11 is 0. The van der Waals surface area contributed by atoms with Gasteiger partial charge < -0.3 is 5.11 Å². The van der Waals surface area contributed by atoms with Crippen molar-refractivity contribution in [2.75, 3.05) is 0 Å². The summed E-state index contributed by atoms with van der Waals surface area (Å²) in [5.74, 6) is -0.322. The van der Waals surface area contributed by atoms with Gasteiger partial charge in [0.2, 0.25) is 0 Å². The van der Waals surface area contributed by atoms with E-state index >= 15 is 0 Å². The molecule has 1 rings (SSSR count). The molecule has 0 saturated heterocycles. The van der Waals surface area contributed by atoms with Crippen LogP contribution in [0.25, 0.3) is 0 Å². The Hall–Kier alpha value is -0.860. The van der Waals surface area contributed by atoms with Crippen molar-refractivity contribution in [1.82, 2.24) is 0 Å². The molecule has 0 heterocycles. The first-order valence-electron chi connectivity index (χ1n) is 4.42. The lowest BCUT2D eigenvalue weighted by molar-refractivity contribution is -0.138. The molecule has 0 aliphatic heterocycles. The molecule has 1 unspecified atom stereocenters. The Kier molecular flexibility index (Phi) is 3.26. The lowest BCUT2D eigenvalue weighted by atomic mass is 10.0. The largest absolute Gasteiger partial charge is 0.481 e. The summed E-state index contributed by atoms with van der Waals surface area (Å²) in [4.78, 5) is 14.6. The first kappa shape index (κ1) is 9.23. The van der Waals surface area contributed by atoms with Gasteiger partial charge in [0.1, 0.15) is 0 Å². The zero-order chi connectivity index (χ0) is 8.97. The molecule has 3 heteroatoms. The molecule has 0 aromatic rings. The van der Waals surface area contributed by atoms with Gasteiger partial charge in [-0.1, -0.05) is 0 Å². The number of hydrogen-bond donors (Lipinski definition) is 1. The fourth-order valence-electron chi connectivity index (χ4n) is 1.83. The zero-order valence-corrected chi connectivity index (χ0v) is 7.36. The molecular formula is C9H15NO2. The summed E-state index contributed by atoms with van der Waals surface area (Å²) in [5, 5.41) is 8.55. The van der Waals surface area contributed by atoms with Crippen LogP contribution >= 0.6 is 0 Å². The smallest absolute Gasteiger partial charge is 0.303 e. The Morgan fingerprint density at radius 1 is 1.67 bits per heavy atom. The predicted molar refractivity (Wildman–Crippen MR) is 47.5 cm³/mol. The van der Waals surface area contributed by atoms with Crippen LogP contribution in [-0.4, -0.2) is 23.3 Å². The van der Waals surface area contributed by atoms with E-state index in [1.54, 1.807) is 0 Å². The second-order valence-corrected chi connectivity index (χ2v) is 3.34. The minimum absolute atomic E-state index is 0.315. The Bertz CT molecular complexity index is 189. The average Bonchev–Trinajstić information content (AvgIpc) is 2.36. The van der Waals surface area contributed by atoms with Crippen molar-refractivity contribution < 1.29 is 9.90 Å². The van der Waals surface area contributed by atoms with Gasteiger partial charge in [0.15, 0.2) is 0 Å². The highest BCUT2D eigenvalue weighted by Gasteiger charge is 2.25. The first-order chi connectivity index (χ1) is 5.72. The number of nitrogens with zero attached hydrogens (tertiary/aromatic N) is 1. The van der Waals surface area contributed by atoms with Crippen LogP contribution in [0, 0.1) is 5.92 Å². The molecule has 2 atom stereocenters. The summed E-state index contributed by atoms with van der Waals surface area (Å²) < 4.78 is 0. The quantitative estimate of drug-likeness (QED) is 0.654. The molecule has 1 saturated carbocycles. The van der Waals surface area contributed by atoms with Crippen LogP contribution in [0.2, 0.25) is 0 Å². The molecule has 0 radical (unpaired) electrons. The van der Waals surface area contributed by atoms with Gasteiger partial charge >= 0.3 is 5.97 Å². The third-order valence-corrected chi connectivity index (χ3v) is 2.34. The number of hydrogen-bond acceptors (Lipinski definition) is 2. The van der Waals surface area contributed by atoms with Crippen LogP contribution in [0.1, 0.15) is 32.6 Å². The summed E-state index contributed by atoms with van der Waals surface area (Å²) in [6.07, 6.45) is 5.16. The maximum Gasteiger partial charge on any atom is 0.303 e. The Labute approximate surface area is 72.5 Å². The molecule has 0 aromatic carbocycles. The highest BCUT2D eigenvalue weighted by Crippen LogP contribution is 2.29. The molecule has 1 fully saturated rings. The van der Waals surface area contributed by atoms with Gasteiger partial charge in [0, 0.05) is 12.5 Å². The Morgan fingerprint density at radius 2 is 2.42 bits per heavy atom. The highest BCUT2D eigenvalue weighted by atomic mass is 16.4. The van der Waals surface area contributed by atoms with Crippen molar-refractivity contribution in [3.05, 3.63) is 0 Å². The first-order valence-corrected chi connectivity index (χ1v) is 4.42. The van der Waals surface area contributed by atoms with Gasteiger partial charge in [0.05, 0.1) is 0 Å². The summed E-state index contributed by atoms with van der Waals surface area (Å²) in [6.45, 7) is 1.91. The topological polar surface area (TPSA) is 49.7 Å². The average molecular weight is 169 g/mol. The maximum absolute atomic E-state index is 10.4. The van der Waals surface area contributed by atoms with E-state index in [1.807, 2.05) is 13.1 Å². The van der Waals surface area contributed by atoms with E-state index in [0.29, 0.717) is 18.4 Å². The summed E-state index contributed by atoms with van der Waals surface area (Å²) in [5.41, 5.74) is 0. The number of aliphatic carboxylic acids is 1. The van der Waals surface area contributed by atoms with Gasteiger partial charge in [0.25, 0.3) is 0 Å². The van der Waals surface area contributed by atoms with E-state index in [9.17, 15) is 4.79 Å². The van der Waals surface area contributed by atoms with Crippen LogP contribution in [0.4, 0.5) is 0 Å². The molecule has 1 aliphatic rings. The van der Waals surface area contributed by atoms with Crippen LogP contribution < -0.4 is 0 Å². The van der Waals surface area contributed by atoms with Crippen LogP contribution in [0.3, 0.4) is 0 Å². The summed E-state index contributed by atoms with van der Waals surface area (Å²) in [6, 6.07) is 0.388. The fraction of sp³-hybridized carbons (Fsp3) is 0.778. The minimum atomic E-state index is -0.680. The van der Waals surface area contributed by atoms with Gasteiger partial charge in [-0.25, -0.2) is 0 Å². The monoisotopic (exact) mass is 169 g/mol. The number of aliphatic imine (C=N–C) groups is 1. The van der Waals surface area contributed by atoms with Gasteiger partial charge in [-0.15, -0.1) is 0 Å². The van der Waals surface area contributed by atoms with Crippen LogP contribution in [-0.2, 0) is 4.79 Å². The SMILES string of the molecule is CC=NC1CC[C@@H](CC(=O)O)C1. The third kappa shape index (κ3) is 2.64. The van der Waals surface area contributed by atoms with Crippen molar-refractivity contribution in [2.45, 2.75) is 38.6 Å². The molecule has 3 nitrogen and oxygen atoms in total. The number of rotatable bonds is 3. The number of carboxylic acids is 1. The highest BCUT2D eigenvalue weighted by molar-refractivity contribution is 5.67. The van der Waals surface area contributed by atoms with E-state index in [2.05, 4.69) is 4.99 Å². The number of carbonyl (C=O) groups is 1. The second kappa shape index (κ2) is 4.24. The maximum atomic E-state index is 10.4. The molecule has 68 valence electrons. The van der Waals surface area contributed by atoms with Gasteiger partial charge in [-0.2, -0.15) is 0 Å². The molecule has 1 N–H and O–H groups in total. The van der Waals surface area contributed by atoms with Crippen LogP contribution in [0.5, 0.6) is 0 Å². The fourth-order valence-corrected chi connectivity index (χ4v) is 1.83. The third-order valence-electron chi connectivity index (χ3n) is 2.34. The lowest BCUT2D eigenvalue weighted by Crippen LogP contribution is -2.05. The standard InChI is InChI=1S/C9H15NO2/c1-2-10-8-4-3-7(5-8)6-9(11)12/h2,7-8H,3-6H2,1H3,(H,11,12)/t7-,8?/m1/s1. The molecule has 0 spiro atoms. The zero-order valence-electron chi connectivity index (χ0n) is 7.36. The predicted octanol–water partition coefficient (Wildman–Crippen LogP) is 1.72. The van der Waals surface area contributed by atoms with E-state index in [-0.39, 0.29) is 0 Å². The van der Waals surface area contributed by atoms with E-state index in [4.69, 9.17) is 5.11 Å². The van der Waals surface area contributed by atoms with Gasteiger partial charge in [-0.3, -0.25) is 9.79 Å². The second-order valence-electron chi connectivity index (χ2n) is 3.34. The molecule has 0 aromatic heterocycles. The van der Waals surface area contributed by atoms with E-state index < -0.39 is 5.97 Å². The van der Waals surface area contributed by atoms with Crippen molar-refractivity contribution in [3.63, 3.8) is 0 Å². The van der Waals surface area contributed by atoms with Crippen molar-refractivity contribution in [3.8, 4) is 0 Å². The van der Waals surface area contributed by atoms with Crippen molar-refractivity contribution in [2.24, 2.45) is 10.9 Å². The minimum Gasteiger partial charge on any atom is -0.481 e. The number of carboxylic acid groups (broad SMARTS) is 1. The van der Waals surface area contributed by atoms with Crippen LogP contribution in [0.15, 0.2) is 4.99 Å². The Balaban J connectivity index is 2.30. The normalized spacial score (nSPS) is 29.8. The molecule has 12 heavy (non-hydrogen) atoms. The summed E-state index contributed by atoms with van der Waals surface area (Å²) in [7, 11) is 0. The Morgan fingerprint density at radius 3 is 3.00 bits per heavy atom. The lowest BCUT2D eigenvalue weighted by Gasteiger charge is -2.04. The molecule has 0 bridgehead atoms. The molecular weight excluding hydrogens is 154 g/mol. The molecule has 1 aliphatic carbocycles. The van der Waals surface area contributed by atoms with Crippen molar-refractivity contribution in [1.29, 1.82) is 0 Å². The van der Waals surface area contributed by atoms with Crippen molar-refractivity contribution >= 4 is 12.2 Å².